The monoisotopic (exact) mass is 277 g/mol. The van der Waals surface area contributed by atoms with E-state index >= 15 is 0 Å². The smallest absolute Gasteiger partial charge is 0.127 e. The predicted octanol–water partition coefficient (Wildman–Crippen LogP) is 1.35. The Morgan fingerprint density at radius 2 is 2.00 bits per heavy atom. The minimum atomic E-state index is 0.534. The summed E-state index contributed by atoms with van der Waals surface area (Å²) in [5.74, 6) is 1.48. The lowest BCUT2D eigenvalue weighted by atomic mass is 10.0. The third-order valence-electron chi connectivity index (χ3n) is 4.05. The lowest BCUT2D eigenvalue weighted by Crippen LogP contribution is -2.52. The number of piperazine rings is 1. The molecule has 1 fully saturated rings. The van der Waals surface area contributed by atoms with Crippen molar-refractivity contribution in [1.82, 2.24) is 14.8 Å². The maximum Gasteiger partial charge on any atom is 0.127 e. The number of nitrogens with zero attached hydrogens (tertiary/aromatic N) is 3. The largest absolute Gasteiger partial charge is 0.399 e. The van der Waals surface area contributed by atoms with Crippen molar-refractivity contribution < 1.29 is 0 Å². The van der Waals surface area contributed by atoms with Crippen LogP contribution in [0.5, 0.6) is 0 Å². The summed E-state index contributed by atoms with van der Waals surface area (Å²) in [4.78, 5) is 9.29. The van der Waals surface area contributed by atoms with Gasteiger partial charge in [0.2, 0.25) is 0 Å². The Morgan fingerprint density at radius 3 is 2.60 bits per heavy atom. The van der Waals surface area contributed by atoms with Crippen LogP contribution in [0.25, 0.3) is 0 Å². The number of anilines is 2. The molecule has 2 rings (SSSR count). The quantitative estimate of drug-likeness (QED) is 0.851. The van der Waals surface area contributed by atoms with Gasteiger partial charge >= 0.3 is 0 Å². The number of aromatic nitrogens is 1. The number of likely N-dealkylation sites (N-methyl/N-ethyl adjacent to an activating group) is 1. The van der Waals surface area contributed by atoms with Crippen molar-refractivity contribution in [3.63, 3.8) is 0 Å². The van der Waals surface area contributed by atoms with E-state index in [0.29, 0.717) is 12.0 Å². The van der Waals surface area contributed by atoms with Gasteiger partial charge < -0.3 is 16.0 Å². The zero-order valence-corrected chi connectivity index (χ0v) is 12.8. The summed E-state index contributed by atoms with van der Waals surface area (Å²) in [6.45, 7) is 10.1. The average molecular weight is 277 g/mol. The molecule has 2 heterocycles. The molecule has 0 bridgehead atoms. The SMILES string of the molecule is CC(C)C(CNc1cc(N)ccn1)N1CCN(C)CC1. The van der Waals surface area contributed by atoms with Gasteiger partial charge in [-0.15, -0.1) is 0 Å². The molecule has 5 heteroatoms. The molecule has 0 saturated carbocycles. The van der Waals surface area contributed by atoms with Crippen LogP contribution in [-0.4, -0.2) is 60.6 Å². The van der Waals surface area contributed by atoms with Gasteiger partial charge in [-0.25, -0.2) is 4.98 Å². The van der Waals surface area contributed by atoms with Crippen molar-refractivity contribution in [3.8, 4) is 0 Å². The second kappa shape index (κ2) is 6.90. The Hall–Kier alpha value is -1.33. The summed E-state index contributed by atoms with van der Waals surface area (Å²) >= 11 is 0. The molecular formula is C15H27N5. The predicted molar refractivity (Wildman–Crippen MR) is 84.8 cm³/mol. The van der Waals surface area contributed by atoms with Gasteiger partial charge in [0.15, 0.2) is 0 Å². The zero-order valence-electron chi connectivity index (χ0n) is 12.8. The Morgan fingerprint density at radius 1 is 1.30 bits per heavy atom. The first-order chi connectivity index (χ1) is 9.56. The van der Waals surface area contributed by atoms with E-state index in [2.05, 4.69) is 41.0 Å². The Labute approximate surface area is 122 Å². The van der Waals surface area contributed by atoms with Gasteiger partial charge in [-0.1, -0.05) is 13.8 Å². The molecule has 1 unspecified atom stereocenters. The van der Waals surface area contributed by atoms with Crippen LogP contribution in [-0.2, 0) is 0 Å². The fourth-order valence-corrected chi connectivity index (χ4v) is 2.69. The van der Waals surface area contributed by atoms with Gasteiger partial charge in [0, 0.05) is 56.7 Å². The van der Waals surface area contributed by atoms with Crippen LogP contribution < -0.4 is 11.1 Å². The third kappa shape index (κ3) is 4.08. The van der Waals surface area contributed by atoms with Crippen molar-refractivity contribution in [2.24, 2.45) is 5.92 Å². The highest BCUT2D eigenvalue weighted by Gasteiger charge is 2.24. The molecule has 1 aromatic heterocycles. The molecule has 1 aromatic rings. The Kier molecular flexibility index (Phi) is 5.20. The van der Waals surface area contributed by atoms with E-state index < -0.39 is 0 Å². The van der Waals surface area contributed by atoms with Crippen LogP contribution in [0.4, 0.5) is 11.5 Å². The molecule has 20 heavy (non-hydrogen) atoms. The molecule has 112 valence electrons. The van der Waals surface area contributed by atoms with Crippen LogP contribution >= 0.6 is 0 Å². The van der Waals surface area contributed by atoms with E-state index in [-0.39, 0.29) is 0 Å². The second-order valence-corrected chi connectivity index (χ2v) is 6.01. The first-order valence-electron chi connectivity index (χ1n) is 7.44. The minimum Gasteiger partial charge on any atom is -0.399 e. The van der Waals surface area contributed by atoms with E-state index in [1.165, 1.54) is 0 Å². The summed E-state index contributed by atoms with van der Waals surface area (Å²) in [5, 5.41) is 3.43. The van der Waals surface area contributed by atoms with E-state index in [1.54, 1.807) is 6.20 Å². The first-order valence-corrected chi connectivity index (χ1v) is 7.44. The molecule has 0 aliphatic carbocycles. The summed E-state index contributed by atoms with van der Waals surface area (Å²) in [6.07, 6.45) is 1.75. The maximum atomic E-state index is 5.79. The van der Waals surface area contributed by atoms with Gasteiger partial charge in [0.05, 0.1) is 0 Å². The van der Waals surface area contributed by atoms with Gasteiger partial charge in [-0.3, -0.25) is 4.90 Å². The van der Waals surface area contributed by atoms with Crippen LogP contribution in [0.3, 0.4) is 0 Å². The minimum absolute atomic E-state index is 0.534. The molecule has 5 nitrogen and oxygen atoms in total. The maximum absolute atomic E-state index is 5.79. The number of nitrogen functional groups attached to an aromatic ring is 1. The van der Waals surface area contributed by atoms with Crippen LogP contribution in [0.2, 0.25) is 0 Å². The zero-order chi connectivity index (χ0) is 14.5. The van der Waals surface area contributed by atoms with Crippen molar-refractivity contribution in [3.05, 3.63) is 18.3 Å². The molecule has 1 aliphatic heterocycles. The molecule has 1 aliphatic rings. The number of rotatable bonds is 5. The first kappa shape index (κ1) is 15.1. The number of nitrogens with two attached hydrogens (primary N) is 1. The summed E-state index contributed by atoms with van der Waals surface area (Å²) in [6, 6.07) is 4.24. The van der Waals surface area contributed by atoms with E-state index in [1.807, 2.05) is 12.1 Å². The summed E-state index contributed by atoms with van der Waals surface area (Å²) in [7, 11) is 2.19. The lowest BCUT2D eigenvalue weighted by molar-refractivity contribution is 0.0944. The van der Waals surface area contributed by atoms with Crippen molar-refractivity contribution in [1.29, 1.82) is 0 Å². The van der Waals surface area contributed by atoms with Crippen LogP contribution in [0.15, 0.2) is 18.3 Å². The van der Waals surface area contributed by atoms with E-state index in [4.69, 9.17) is 5.73 Å². The van der Waals surface area contributed by atoms with E-state index in [0.717, 1.165) is 44.2 Å². The number of hydrogen-bond donors (Lipinski definition) is 2. The van der Waals surface area contributed by atoms with Crippen LogP contribution in [0.1, 0.15) is 13.8 Å². The Bertz CT molecular complexity index is 412. The van der Waals surface area contributed by atoms with Gasteiger partial charge in [0.1, 0.15) is 5.82 Å². The van der Waals surface area contributed by atoms with Gasteiger partial charge in [-0.05, 0) is 19.0 Å². The Balaban J connectivity index is 1.92. The summed E-state index contributed by atoms with van der Waals surface area (Å²) < 4.78 is 0. The van der Waals surface area contributed by atoms with E-state index in [9.17, 15) is 0 Å². The molecule has 0 radical (unpaired) electrons. The fraction of sp³-hybridized carbons (Fsp3) is 0.667. The molecule has 1 saturated heterocycles. The molecule has 0 amide bonds. The van der Waals surface area contributed by atoms with Crippen molar-refractivity contribution >= 4 is 11.5 Å². The molecule has 0 aromatic carbocycles. The second-order valence-electron chi connectivity index (χ2n) is 6.01. The fourth-order valence-electron chi connectivity index (χ4n) is 2.69. The standard InChI is InChI=1S/C15H27N5/c1-12(2)14(20-8-6-19(3)7-9-20)11-18-15-10-13(16)4-5-17-15/h4-5,10,12,14H,6-9,11H2,1-3H3,(H3,16,17,18). The van der Waals surface area contributed by atoms with Crippen LogP contribution in [0, 0.1) is 5.92 Å². The number of nitrogens with one attached hydrogen (secondary N) is 1. The van der Waals surface area contributed by atoms with Gasteiger partial charge in [-0.2, -0.15) is 0 Å². The lowest BCUT2D eigenvalue weighted by Gasteiger charge is -2.40. The highest BCUT2D eigenvalue weighted by Crippen LogP contribution is 2.15. The molecule has 0 spiro atoms. The molecular weight excluding hydrogens is 250 g/mol. The van der Waals surface area contributed by atoms with Gasteiger partial charge in [0.25, 0.3) is 0 Å². The number of hydrogen-bond acceptors (Lipinski definition) is 5. The van der Waals surface area contributed by atoms with Crippen molar-refractivity contribution in [2.75, 3.05) is 50.8 Å². The molecule has 1 atom stereocenters. The average Bonchev–Trinajstić information content (AvgIpc) is 2.41. The molecule has 3 N–H and O–H groups in total. The number of pyridine rings is 1. The normalized spacial score (nSPS) is 19.2. The topological polar surface area (TPSA) is 57.4 Å². The third-order valence-corrected chi connectivity index (χ3v) is 4.05. The summed E-state index contributed by atoms with van der Waals surface area (Å²) in [5.41, 5.74) is 6.54. The highest BCUT2D eigenvalue weighted by atomic mass is 15.3. The highest BCUT2D eigenvalue weighted by molar-refractivity contribution is 5.48. The van der Waals surface area contributed by atoms with Crippen molar-refractivity contribution in [2.45, 2.75) is 19.9 Å².